The molecule has 0 spiro atoms. The zero-order chi connectivity index (χ0) is 16.1. The van der Waals surface area contributed by atoms with Crippen molar-refractivity contribution in [1.29, 1.82) is 0 Å². The summed E-state index contributed by atoms with van der Waals surface area (Å²) in [5.41, 5.74) is 1.08. The van der Waals surface area contributed by atoms with Crippen LogP contribution in [0.5, 0.6) is 11.5 Å². The van der Waals surface area contributed by atoms with Crippen LogP contribution < -0.4 is 14.8 Å². The van der Waals surface area contributed by atoms with Gasteiger partial charge in [0.2, 0.25) is 5.91 Å². The number of amides is 1. The summed E-state index contributed by atoms with van der Waals surface area (Å²) in [6, 6.07) is 3.93. The number of rotatable bonds is 6. The van der Waals surface area contributed by atoms with Crippen LogP contribution in [0.3, 0.4) is 0 Å². The number of methoxy groups -OCH3 is 2. The van der Waals surface area contributed by atoms with E-state index in [0.717, 1.165) is 30.0 Å². The van der Waals surface area contributed by atoms with Crippen molar-refractivity contribution in [3.63, 3.8) is 0 Å². The molecule has 1 fully saturated rings. The topological polar surface area (TPSA) is 50.8 Å². The second-order valence-electron chi connectivity index (χ2n) is 5.40. The van der Waals surface area contributed by atoms with Gasteiger partial charge < -0.3 is 19.7 Å². The van der Waals surface area contributed by atoms with Gasteiger partial charge in [0.15, 0.2) is 11.5 Å². The van der Waals surface area contributed by atoms with Crippen LogP contribution in [-0.2, 0) is 11.3 Å². The molecule has 1 amide bonds. The van der Waals surface area contributed by atoms with Crippen molar-refractivity contribution in [2.75, 3.05) is 40.6 Å². The summed E-state index contributed by atoms with van der Waals surface area (Å²) in [6.45, 7) is 2.28. The zero-order valence-electron chi connectivity index (χ0n) is 14.0. The van der Waals surface area contributed by atoms with Gasteiger partial charge in [0.1, 0.15) is 0 Å². The van der Waals surface area contributed by atoms with Gasteiger partial charge in [-0.25, -0.2) is 0 Å². The third kappa shape index (κ3) is 4.68. The number of carbonyl (C=O) groups excluding carboxylic acids is 1. The largest absolute Gasteiger partial charge is 0.493 e. The van der Waals surface area contributed by atoms with E-state index in [4.69, 9.17) is 9.47 Å². The van der Waals surface area contributed by atoms with E-state index < -0.39 is 0 Å². The maximum Gasteiger partial charge on any atom is 0.227 e. The highest BCUT2D eigenvalue weighted by Gasteiger charge is 2.25. The van der Waals surface area contributed by atoms with Crippen LogP contribution in [0.2, 0.25) is 0 Å². The lowest BCUT2D eigenvalue weighted by Gasteiger charge is -2.22. The van der Waals surface area contributed by atoms with Crippen LogP contribution in [0.4, 0.5) is 0 Å². The number of carbonyl (C=O) groups is 1. The first-order valence-corrected chi connectivity index (χ1v) is 8.57. The summed E-state index contributed by atoms with van der Waals surface area (Å²) < 4.78 is 10.7. The molecule has 5 nitrogen and oxygen atoms in total. The number of hydrogen-bond donors (Lipinski definition) is 1. The molecule has 130 valence electrons. The SMILES string of the molecule is COc1cc(CN(C)C(=O)C2CCNC2)c(SC)cc1OC.Cl. The fourth-order valence-corrected chi connectivity index (χ4v) is 3.34. The first-order chi connectivity index (χ1) is 10.6. The van der Waals surface area contributed by atoms with E-state index in [2.05, 4.69) is 5.32 Å². The molecule has 1 heterocycles. The van der Waals surface area contributed by atoms with Gasteiger partial charge >= 0.3 is 0 Å². The minimum Gasteiger partial charge on any atom is -0.493 e. The van der Waals surface area contributed by atoms with Gasteiger partial charge in [-0.15, -0.1) is 24.2 Å². The second-order valence-corrected chi connectivity index (χ2v) is 6.25. The first kappa shape index (κ1) is 19.9. The highest BCUT2D eigenvalue weighted by Crippen LogP contribution is 2.35. The van der Waals surface area contributed by atoms with Crippen molar-refractivity contribution in [2.24, 2.45) is 5.92 Å². The number of nitrogens with one attached hydrogen (secondary N) is 1. The van der Waals surface area contributed by atoms with Crippen LogP contribution in [0.1, 0.15) is 12.0 Å². The van der Waals surface area contributed by atoms with Crippen LogP contribution >= 0.6 is 24.2 Å². The molecule has 0 aliphatic carbocycles. The summed E-state index contributed by atoms with van der Waals surface area (Å²) in [4.78, 5) is 15.4. The molecule has 0 saturated carbocycles. The molecule has 1 saturated heterocycles. The zero-order valence-corrected chi connectivity index (χ0v) is 15.7. The molecule has 1 atom stereocenters. The highest BCUT2D eigenvalue weighted by atomic mass is 35.5. The van der Waals surface area contributed by atoms with Crippen LogP contribution in [0.15, 0.2) is 17.0 Å². The molecule has 1 unspecified atom stereocenters. The number of hydrogen-bond acceptors (Lipinski definition) is 5. The Balaban J connectivity index is 0.00000264. The molecular weight excluding hydrogens is 336 g/mol. The minimum atomic E-state index is 0. The van der Waals surface area contributed by atoms with Gasteiger partial charge in [-0.1, -0.05) is 0 Å². The maximum absolute atomic E-state index is 12.5. The van der Waals surface area contributed by atoms with Crippen molar-refractivity contribution >= 4 is 30.1 Å². The molecule has 0 radical (unpaired) electrons. The molecule has 1 aromatic rings. The molecule has 1 N–H and O–H groups in total. The Morgan fingerprint density at radius 2 is 2.00 bits per heavy atom. The fraction of sp³-hybridized carbons (Fsp3) is 0.562. The standard InChI is InChI=1S/C16H24N2O3S.ClH/c1-18(16(19)11-5-6-17-9-11)10-12-7-13(20-2)14(21-3)8-15(12)22-4;/h7-8,11,17H,5-6,9-10H2,1-4H3;1H. The van der Waals surface area contributed by atoms with E-state index in [9.17, 15) is 4.79 Å². The van der Waals surface area contributed by atoms with Crippen LogP contribution in [0, 0.1) is 5.92 Å². The average molecular weight is 361 g/mol. The Morgan fingerprint density at radius 1 is 1.35 bits per heavy atom. The smallest absolute Gasteiger partial charge is 0.227 e. The number of benzene rings is 1. The molecule has 2 rings (SSSR count). The van der Waals surface area contributed by atoms with Crippen molar-refractivity contribution in [3.05, 3.63) is 17.7 Å². The Morgan fingerprint density at radius 3 is 2.52 bits per heavy atom. The third-order valence-electron chi connectivity index (χ3n) is 3.98. The summed E-state index contributed by atoms with van der Waals surface area (Å²) in [5, 5.41) is 3.24. The maximum atomic E-state index is 12.5. The number of halogens is 1. The second kappa shape index (κ2) is 9.25. The quantitative estimate of drug-likeness (QED) is 0.789. The molecule has 0 bridgehead atoms. The average Bonchev–Trinajstić information content (AvgIpc) is 3.07. The number of nitrogens with zero attached hydrogens (tertiary/aromatic N) is 1. The first-order valence-electron chi connectivity index (χ1n) is 7.35. The van der Waals surface area contributed by atoms with E-state index in [1.165, 1.54) is 0 Å². The molecular formula is C16H25ClN2O3S. The predicted octanol–water partition coefficient (Wildman–Crippen LogP) is 2.42. The summed E-state index contributed by atoms with van der Waals surface area (Å²) in [6.07, 6.45) is 2.94. The van der Waals surface area contributed by atoms with Gasteiger partial charge in [0.25, 0.3) is 0 Å². The van der Waals surface area contributed by atoms with E-state index in [1.54, 1.807) is 30.9 Å². The number of thioether (sulfide) groups is 1. The molecule has 23 heavy (non-hydrogen) atoms. The van der Waals surface area contributed by atoms with Gasteiger partial charge in [0.05, 0.1) is 20.1 Å². The van der Waals surface area contributed by atoms with E-state index >= 15 is 0 Å². The highest BCUT2D eigenvalue weighted by molar-refractivity contribution is 7.98. The van der Waals surface area contributed by atoms with Crippen molar-refractivity contribution < 1.29 is 14.3 Å². The summed E-state index contributed by atoms with van der Waals surface area (Å²) >= 11 is 1.64. The van der Waals surface area contributed by atoms with E-state index in [1.807, 2.05) is 25.4 Å². The van der Waals surface area contributed by atoms with E-state index in [-0.39, 0.29) is 24.2 Å². The van der Waals surface area contributed by atoms with Crippen molar-refractivity contribution in [2.45, 2.75) is 17.9 Å². The normalized spacial score (nSPS) is 16.6. The lowest BCUT2D eigenvalue weighted by atomic mass is 10.1. The summed E-state index contributed by atoms with van der Waals surface area (Å²) in [7, 11) is 5.12. The summed E-state index contributed by atoms with van der Waals surface area (Å²) in [5.74, 6) is 1.71. The Labute approximate surface area is 148 Å². The predicted molar refractivity (Wildman–Crippen MR) is 96.0 cm³/mol. The van der Waals surface area contributed by atoms with Gasteiger partial charge in [-0.05, 0) is 36.9 Å². The molecule has 7 heteroatoms. The number of ether oxygens (including phenoxy) is 2. The molecule has 1 aliphatic heterocycles. The third-order valence-corrected chi connectivity index (χ3v) is 4.80. The molecule has 1 aromatic carbocycles. The molecule has 1 aliphatic rings. The lowest BCUT2D eigenvalue weighted by Crippen LogP contribution is -2.33. The minimum absolute atomic E-state index is 0. The van der Waals surface area contributed by atoms with Crippen molar-refractivity contribution in [3.8, 4) is 11.5 Å². The van der Waals surface area contributed by atoms with E-state index in [0.29, 0.717) is 18.0 Å². The Hall–Kier alpha value is -1.11. The fourth-order valence-electron chi connectivity index (χ4n) is 2.73. The lowest BCUT2D eigenvalue weighted by molar-refractivity contribution is -0.134. The van der Waals surface area contributed by atoms with Gasteiger partial charge in [-0.2, -0.15) is 0 Å². The van der Waals surface area contributed by atoms with Crippen LogP contribution in [-0.4, -0.2) is 51.4 Å². The Kier molecular flexibility index (Phi) is 8.02. The van der Waals surface area contributed by atoms with Gasteiger partial charge in [-0.3, -0.25) is 4.79 Å². The van der Waals surface area contributed by atoms with Gasteiger partial charge in [0, 0.05) is 25.0 Å². The van der Waals surface area contributed by atoms with Crippen LogP contribution in [0.25, 0.3) is 0 Å². The Bertz CT molecular complexity index is 536. The van der Waals surface area contributed by atoms with Crippen molar-refractivity contribution in [1.82, 2.24) is 10.2 Å². The monoisotopic (exact) mass is 360 g/mol. The molecule has 0 aromatic heterocycles.